The molecule has 0 saturated carbocycles. The molecule has 0 aromatic heterocycles. The van der Waals surface area contributed by atoms with E-state index in [1.807, 2.05) is 81.1 Å². The van der Waals surface area contributed by atoms with Crippen molar-refractivity contribution < 1.29 is 19.2 Å². The van der Waals surface area contributed by atoms with Crippen molar-refractivity contribution in [1.82, 2.24) is 0 Å². The van der Waals surface area contributed by atoms with E-state index in [0.717, 1.165) is 16.8 Å². The lowest BCUT2D eigenvalue weighted by molar-refractivity contribution is -0.129. The van der Waals surface area contributed by atoms with Gasteiger partial charge in [-0.05, 0) is 26.0 Å². The van der Waals surface area contributed by atoms with E-state index < -0.39 is 23.2 Å². The topological polar surface area (TPSA) is 59.1 Å². The van der Waals surface area contributed by atoms with Gasteiger partial charge >= 0.3 is 6.09 Å². The molecule has 2 amide bonds. The molecule has 0 aliphatic carbocycles. The van der Waals surface area contributed by atoms with Gasteiger partial charge in [-0.25, -0.2) is 9.63 Å². The van der Waals surface area contributed by atoms with Gasteiger partial charge in [0.1, 0.15) is 5.60 Å². The molecule has 29 heavy (non-hydrogen) atoms. The van der Waals surface area contributed by atoms with Gasteiger partial charge in [-0.3, -0.25) is 4.79 Å². The van der Waals surface area contributed by atoms with E-state index in [4.69, 9.17) is 9.57 Å². The lowest BCUT2D eigenvalue weighted by Gasteiger charge is -2.45. The van der Waals surface area contributed by atoms with E-state index in [1.165, 1.54) is 5.06 Å². The van der Waals surface area contributed by atoms with Gasteiger partial charge in [-0.15, -0.1) is 0 Å². The molecule has 152 valence electrons. The molecule has 0 bridgehead atoms. The zero-order valence-corrected chi connectivity index (χ0v) is 17.4. The molecular formula is C23H26N2O4. The Balaban J connectivity index is 1.95. The Labute approximate surface area is 171 Å². The Morgan fingerprint density at radius 3 is 2.34 bits per heavy atom. The molecule has 2 aliphatic heterocycles. The van der Waals surface area contributed by atoms with Crippen molar-refractivity contribution in [1.29, 1.82) is 0 Å². The standard InChI is InChI=1S/C23H26N2O4/c1-6-28-21(27)25-17-13-9-7-11-15(17)19-23(5,29-25)16-12-8-10-14-18(16)24(19)20(26)22(2,3)4/h7-14,19H,6H2,1-5H3/t19-,23-/m0/s1. The smallest absolute Gasteiger partial charge is 0.438 e. The van der Waals surface area contributed by atoms with Crippen molar-refractivity contribution in [3.05, 3.63) is 59.7 Å². The minimum Gasteiger partial charge on any atom is -0.448 e. The third-order valence-electron chi connectivity index (χ3n) is 5.50. The SMILES string of the molecule is CCOC(=O)N1O[C@@]2(C)c3ccccc3N(C(=O)C(C)(C)C)[C@H]2c2ccccc21. The van der Waals surface area contributed by atoms with E-state index in [9.17, 15) is 9.59 Å². The maximum Gasteiger partial charge on any atom is 0.438 e. The number of hydroxylamine groups is 1. The summed E-state index contributed by atoms with van der Waals surface area (Å²) in [5, 5.41) is 1.22. The highest BCUT2D eigenvalue weighted by atomic mass is 16.7. The van der Waals surface area contributed by atoms with E-state index in [1.54, 1.807) is 6.92 Å². The van der Waals surface area contributed by atoms with Crippen LogP contribution in [0.5, 0.6) is 0 Å². The number of hydrogen-bond acceptors (Lipinski definition) is 4. The molecule has 2 aromatic carbocycles. The number of ether oxygens (including phenoxy) is 1. The molecule has 2 atom stereocenters. The van der Waals surface area contributed by atoms with Crippen LogP contribution in [0.15, 0.2) is 48.5 Å². The number of rotatable bonds is 1. The number of carbonyl (C=O) groups is 2. The summed E-state index contributed by atoms with van der Waals surface area (Å²) < 4.78 is 5.23. The fourth-order valence-electron chi connectivity index (χ4n) is 4.22. The number of nitrogens with zero attached hydrogens (tertiary/aromatic N) is 2. The zero-order chi connectivity index (χ0) is 21.0. The second-order valence-corrected chi connectivity index (χ2v) is 8.60. The highest BCUT2D eigenvalue weighted by Crippen LogP contribution is 2.58. The highest BCUT2D eigenvalue weighted by molar-refractivity contribution is 6.01. The van der Waals surface area contributed by atoms with Gasteiger partial charge in [0.2, 0.25) is 5.91 Å². The Morgan fingerprint density at radius 2 is 1.69 bits per heavy atom. The van der Waals surface area contributed by atoms with Crippen molar-refractivity contribution in [3.63, 3.8) is 0 Å². The van der Waals surface area contributed by atoms with E-state index in [-0.39, 0.29) is 12.5 Å². The molecular weight excluding hydrogens is 368 g/mol. The lowest BCUT2D eigenvalue weighted by atomic mass is 9.84. The quantitative estimate of drug-likeness (QED) is 0.687. The molecule has 6 heteroatoms. The summed E-state index contributed by atoms with van der Waals surface area (Å²) in [6.07, 6.45) is -0.572. The normalized spacial score (nSPS) is 22.6. The fraction of sp³-hybridized carbons (Fsp3) is 0.391. The van der Waals surface area contributed by atoms with Crippen LogP contribution in [0, 0.1) is 5.41 Å². The van der Waals surface area contributed by atoms with E-state index >= 15 is 0 Å². The van der Waals surface area contributed by atoms with E-state index in [0.29, 0.717) is 5.69 Å². The Bertz CT molecular complexity index is 981. The molecule has 6 nitrogen and oxygen atoms in total. The Hall–Kier alpha value is -2.86. The van der Waals surface area contributed by atoms with Crippen LogP contribution in [0.2, 0.25) is 0 Å². The third-order valence-corrected chi connectivity index (χ3v) is 5.50. The predicted molar refractivity (Wildman–Crippen MR) is 111 cm³/mol. The number of hydrogen-bond donors (Lipinski definition) is 0. The van der Waals surface area contributed by atoms with Crippen molar-refractivity contribution >= 4 is 23.4 Å². The molecule has 2 aromatic rings. The first-order chi connectivity index (χ1) is 13.7. The number of amides is 2. The molecule has 0 spiro atoms. The summed E-state index contributed by atoms with van der Waals surface area (Å²) in [5.41, 5.74) is 1.60. The van der Waals surface area contributed by atoms with Gasteiger partial charge in [0.15, 0.2) is 0 Å². The van der Waals surface area contributed by atoms with E-state index in [2.05, 4.69) is 0 Å². The average Bonchev–Trinajstić information content (AvgIpc) is 2.95. The second-order valence-electron chi connectivity index (χ2n) is 8.60. The van der Waals surface area contributed by atoms with Crippen LogP contribution in [-0.4, -0.2) is 18.6 Å². The number of anilines is 2. The van der Waals surface area contributed by atoms with Gasteiger partial charge in [-0.1, -0.05) is 57.2 Å². The van der Waals surface area contributed by atoms with Gasteiger partial charge in [0, 0.05) is 16.5 Å². The van der Waals surface area contributed by atoms with Gasteiger partial charge in [-0.2, -0.15) is 5.06 Å². The number of para-hydroxylation sites is 2. The van der Waals surface area contributed by atoms with Crippen molar-refractivity contribution in [3.8, 4) is 0 Å². The minimum atomic E-state index is -0.932. The molecule has 4 rings (SSSR count). The summed E-state index contributed by atoms with van der Waals surface area (Å²) in [6.45, 7) is 9.66. The molecule has 0 N–H and O–H groups in total. The maximum atomic E-state index is 13.5. The predicted octanol–water partition coefficient (Wildman–Crippen LogP) is 4.94. The van der Waals surface area contributed by atoms with Crippen LogP contribution < -0.4 is 9.96 Å². The zero-order valence-electron chi connectivity index (χ0n) is 17.4. The van der Waals surface area contributed by atoms with Crippen LogP contribution in [-0.2, 0) is 20.0 Å². The van der Waals surface area contributed by atoms with Crippen LogP contribution in [0.25, 0.3) is 0 Å². The molecule has 0 unspecified atom stereocenters. The second kappa shape index (κ2) is 6.59. The number of carbonyl (C=O) groups excluding carboxylic acids is 2. The first kappa shape index (κ1) is 19.5. The molecule has 0 fully saturated rings. The van der Waals surface area contributed by atoms with Gasteiger partial charge in [0.25, 0.3) is 0 Å². The van der Waals surface area contributed by atoms with Crippen molar-refractivity contribution in [2.24, 2.45) is 5.41 Å². The van der Waals surface area contributed by atoms with Gasteiger partial charge in [0.05, 0.1) is 24.0 Å². The molecule has 0 radical (unpaired) electrons. The number of benzene rings is 2. The van der Waals surface area contributed by atoms with Gasteiger partial charge < -0.3 is 9.64 Å². The van der Waals surface area contributed by atoms with Crippen LogP contribution >= 0.6 is 0 Å². The summed E-state index contributed by atoms with van der Waals surface area (Å²) in [4.78, 5) is 34.3. The number of fused-ring (bicyclic) bond motifs is 5. The first-order valence-corrected chi connectivity index (χ1v) is 9.88. The summed E-state index contributed by atoms with van der Waals surface area (Å²) in [7, 11) is 0. The first-order valence-electron chi connectivity index (χ1n) is 9.88. The third kappa shape index (κ3) is 2.82. The molecule has 0 saturated heterocycles. The summed E-state index contributed by atoms with van der Waals surface area (Å²) in [5.74, 6) is 0.00154. The van der Waals surface area contributed by atoms with Crippen molar-refractivity contribution in [2.75, 3.05) is 16.6 Å². The minimum absolute atomic E-state index is 0.00154. The fourth-order valence-corrected chi connectivity index (χ4v) is 4.22. The molecule has 2 heterocycles. The highest BCUT2D eigenvalue weighted by Gasteiger charge is 2.58. The van der Waals surface area contributed by atoms with Crippen molar-refractivity contribution in [2.45, 2.75) is 46.3 Å². The lowest BCUT2D eigenvalue weighted by Crippen LogP contribution is -2.52. The Morgan fingerprint density at radius 1 is 1.07 bits per heavy atom. The largest absolute Gasteiger partial charge is 0.448 e. The van der Waals surface area contributed by atoms with Crippen LogP contribution in [0.1, 0.15) is 51.8 Å². The maximum absolute atomic E-state index is 13.5. The monoisotopic (exact) mass is 394 g/mol. The summed E-state index contributed by atoms with van der Waals surface area (Å²) in [6, 6.07) is 14.8. The van der Waals surface area contributed by atoms with Crippen LogP contribution in [0.3, 0.4) is 0 Å². The average molecular weight is 394 g/mol. The van der Waals surface area contributed by atoms with Crippen LogP contribution in [0.4, 0.5) is 16.2 Å². The Kier molecular flexibility index (Phi) is 4.42. The molecule has 2 aliphatic rings. The summed E-state index contributed by atoms with van der Waals surface area (Å²) >= 11 is 0.